The summed E-state index contributed by atoms with van der Waals surface area (Å²) in [5, 5.41) is 0. The van der Waals surface area contributed by atoms with E-state index in [0.29, 0.717) is 0 Å². The Morgan fingerprint density at radius 3 is 0.722 bits per heavy atom. The van der Waals surface area contributed by atoms with Crippen molar-refractivity contribution in [2.24, 2.45) is 0 Å². The summed E-state index contributed by atoms with van der Waals surface area (Å²) >= 11 is 0. The minimum Gasteiger partial charge on any atom is -0.309 e. The third-order valence-corrected chi connectivity index (χ3v) is 26.7. The molecule has 0 amide bonds. The van der Waals surface area contributed by atoms with Gasteiger partial charge in [-0.2, -0.15) is 0 Å². The van der Waals surface area contributed by atoms with E-state index >= 15 is 0 Å². The fourth-order valence-corrected chi connectivity index (χ4v) is 22.0. The summed E-state index contributed by atoms with van der Waals surface area (Å²) in [6, 6.07) is 118. The van der Waals surface area contributed by atoms with Gasteiger partial charge in [0.2, 0.25) is 0 Å². The van der Waals surface area contributed by atoms with E-state index in [0.717, 1.165) is 77.0 Å². The van der Waals surface area contributed by atoms with Gasteiger partial charge in [0.1, 0.15) is 0 Å². The lowest BCUT2D eigenvalue weighted by Crippen LogP contribution is -2.25. The van der Waals surface area contributed by atoms with Gasteiger partial charge in [-0.05, 0) is 258 Å². The second-order valence-corrected chi connectivity index (χ2v) is 32.8. The molecular weight excluding hydrogens is 1740 g/mol. The Bertz CT molecular complexity index is 6680. The van der Waals surface area contributed by atoms with Crippen LogP contribution in [0.5, 0.6) is 0 Å². The molecule has 8 aliphatic heterocycles. The second-order valence-electron chi connectivity index (χ2n) is 32.8. The van der Waals surface area contributed by atoms with Crippen molar-refractivity contribution in [3.8, 4) is 44.5 Å². The van der Waals surface area contributed by atoms with Crippen molar-refractivity contribution >= 4 is 68.2 Å². The molecule has 0 saturated carbocycles. The van der Waals surface area contributed by atoms with Crippen LogP contribution < -0.4 is 19.6 Å². The molecule has 752 valence electrons. The highest BCUT2D eigenvalue weighted by molar-refractivity contribution is 5.99. The van der Waals surface area contributed by atoms with Gasteiger partial charge in [-0.25, -0.2) is 0 Å². The topological polar surface area (TPSA) is 13.0 Å². The zero-order valence-electron chi connectivity index (χ0n) is 94.3. The standard InChI is InChI=1S/4C27H19N.16C2H6/c1-3-10-23-17(6-1)12-21-16-26-22(15-24(21)23)14-20-9-5-8-19-13-18-7-2-4-11-25(18)28(26)27(19)20;1-3-10-23-17(6-1)12-21-15-22-14-20-9-5-8-19-13-18-7-2-4-11-25(18)28(27(19)20)26(22)16-24(21)23;1-3-10-21-17(6-1)15-23-22(21)12-13-26-24(23)16-20-9-5-8-19-14-18-7-2-4-11-25(18)28(26)27(19)20;1-3-10-22-17(6-1)14-19-12-13-25-23(26(19)22)16-21-9-5-8-20-15-18-7-2-4-11-24(18)28(25)27(20)21;16*1-2/h2*1-11,15-16H,12-14H2;2*1-13H,14-16H2;16*1-2H3. The molecule has 0 radical (unpaired) electrons. The maximum atomic E-state index is 2.53. The highest BCUT2D eigenvalue weighted by atomic mass is 15.2. The Morgan fingerprint density at radius 2 is 0.347 bits per heavy atom. The van der Waals surface area contributed by atoms with E-state index in [4.69, 9.17) is 0 Å². The van der Waals surface area contributed by atoms with E-state index in [9.17, 15) is 0 Å². The van der Waals surface area contributed by atoms with Crippen molar-refractivity contribution in [2.45, 2.75) is 299 Å². The maximum Gasteiger partial charge on any atom is 0.0532 e. The van der Waals surface area contributed by atoms with Crippen LogP contribution in [-0.4, -0.2) is 0 Å². The van der Waals surface area contributed by atoms with Crippen molar-refractivity contribution in [1.29, 1.82) is 0 Å². The monoisotopic (exact) mass is 1910 g/mol. The van der Waals surface area contributed by atoms with Gasteiger partial charge < -0.3 is 19.6 Å². The normalized spacial score (nSPS) is 12.1. The van der Waals surface area contributed by atoms with Crippen molar-refractivity contribution in [1.82, 2.24) is 0 Å². The molecule has 144 heavy (non-hydrogen) atoms. The largest absolute Gasteiger partial charge is 0.309 e. The zero-order chi connectivity index (χ0) is 105. The van der Waals surface area contributed by atoms with Crippen LogP contribution in [-0.2, 0) is 77.0 Å². The van der Waals surface area contributed by atoms with Gasteiger partial charge >= 0.3 is 0 Å². The second kappa shape index (κ2) is 56.7. The van der Waals surface area contributed by atoms with Crippen molar-refractivity contribution in [3.63, 3.8) is 0 Å². The molecule has 4 nitrogen and oxygen atoms in total. The molecule has 4 aliphatic carbocycles. The molecular formula is C140H172N4. The molecule has 0 fully saturated rings. The van der Waals surface area contributed by atoms with Gasteiger partial charge in [0, 0.05) is 74.1 Å². The molecule has 0 bridgehead atoms. The van der Waals surface area contributed by atoms with E-state index in [2.05, 4.69) is 335 Å². The molecule has 12 aliphatic rings. The van der Waals surface area contributed by atoms with E-state index < -0.39 is 0 Å². The fourth-order valence-electron chi connectivity index (χ4n) is 22.0. The quantitative estimate of drug-likeness (QED) is 0.150. The third-order valence-electron chi connectivity index (χ3n) is 26.7. The lowest BCUT2D eigenvalue weighted by molar-refractivity contribution is 0.997. The van der Waals surface area contributed by atoms with Crippen LogP contribution in [0.3, 0.4) is 0 Å². The number of hydrogen-bond donors (Lipinski definition) is 0. The molecule has 0 unspecified atom stereocenters. The molecule has 0 N–H and O–H groups in total. The zero-order valence-corrected chi connectivity index (χ0v) is 94.3. The SMILES string of the molecule is CC.CC.CC.CC.CC.CC.CC.CC.CC.CC.CC.CC.CC.CC.CC.CC.c1ccc2c(c1)Cc1c-2ccc2c1Cc1cccc3c1N2c1ccccc1C3.c1ccc2c(c1)Cc1cc3c(cc1-2)Cc1cccc2c1N3c1ccccc1C2.c1ccc2c(c1)Cc1cc3c(cc1-2)N1c2ccccc2Cc2cccc(c21)C3.c1ccc2c(c1)Cc1ccc3c(c1-2)Cc1cccc2c1N3c1ccccc1C2. The first-order chi connectivity index (χ1) is 71.5. The summed E-state index contributed by atoms with van der Waals surface area (Å²) in [5.41, 5.74) is 62.9. The maximum absolute atomic E-state index is 2.53. The molecule has 0 spiro atoms. The highest BCUT2D eigenvalue weighted by Gasteiger charge is 2.40. The van der Waals surface area contributed by atoms with Crippen molar-refractivity contribution in [2.75, 3.05) is 19.6 Å². The first-order valence-electron chi connectivity index (χ1n) is 56.4. The average Bonchev–Trinajstić information content (AvgIpc) is 1.12. The smallest absolute Gasteiger partial charge is 0.0532 e. The van der Waals surface area contributed by atoms with Gasteiger partial charge in [-0.15, -0.1) is 0 Å². The summed E-state index contributed by atoms with van der Waals surface area (Å²) in [7, 11) is 0. The van der Waals surface area contributed by atoms with Gasteiger partial charge in [0.05, 0.1) is 45.5 Å². The molecule has 0 atom stereocenters. The number of rotatable bonds is 0. The van der Waals surface area contributed by atoms with Crippen LogP contribution in [0.1, 0.15) is 355 Å². The van der Waals surface area contributed by atoms with E-state index in [-0.39, 0.29) is 0 Å². The minimum absolute atomic E-state index is 1.02. The van der Waals surface area contributed by atoms with Crippen molar-refractivity contribution < 1.29 is 0 Å². The Labute approximate surface area is 873 Å². The average molecular weight is 1910 g/mol. The number of nitrogens with zero attached hydrogens (tertiary/aromatic N) is 4. The Kier molecular flexibility index (Phi) is 45.0. The molecule has 0 saturated heterocycles. The summed E-state index contributed by atoms with van der Waals surface area (Å²) < 4.78 is 0. The van der Waals surface area contributed by atoms with E-state index in [1.807, 2.05) is 222 Å². The highest BCUT2D eigenvalue weighted by Crippen LogP contribution is 2.59. The number of para-hydroxylation sites is 8. The lowest BCUT2D eigenvalue weighted by Gasteiger charge is -2.40. The molecule has 8 heterocycles. The Balaban J connectivity index is 0.000000195. The predicted molar refractivity (Wildman–Crippen MR) is 641 cm³/mol. The number of anilines is 12. The third kappa shape index (κ3) is 22.0. The van der Waals surface area contributed by atoms with E-state index in [1.54, 1.807) is 0 Å². The van der Waals surface area contributed by atoms with Crippen LogP contribution in [0.15, 0.2) is 315 Å². The summed E-state index contributed by atoms with van der Waals surface area (Å²) in [5.74, 6) is 0. The number of benzene rings is 16. The molecule has 16 aromatic rings. The lowest BCUT2D eigenvalue weighted by atomic mass is 9.84. The van der Waals surface area contributed by atoms with Crippen LogP contribution in [0.25, 0.3) is 44.5 Å². The molecule has 4 heteroatoms. The summed E-state index contributed by atoms with van der Waals surface area (Å²) in [6.45, 7) is 64.0. The minimum atomic E-state index is 1.02. The first kappa shape index (κ1) is 114. The van der Waals surface area contributed by atoms with Gasteiger partial charge in [0.25, 0.3) is 0 Å². The van der Waals surface area contributed by atoms with Gasteiger partial charge in [-0.1, -0.05) is 482 Å². The van der Waals surface area contributed by atoms with Crippen molar-refractivity contribution in [3.05, 3.63) is 449 Å². The van der Waals surface area contributed by atoms with Crippen LogP contribution in [0.2, 0.25) is 0 Å². The summed E-state index contributed by atoms with van der Waals surface area (Å²) in [6.07, 6.45) is 12.4. The van der Waals surface area contributed by atoms with Crippen LogP contribution >= 0.6 is 0 Å². The Morgan fingerprint density at radius 1 is 0.118 bits per heavy atom. The predicted octanol–water partition coefficient (Wildman–Crippen LogP) is 42.6. The number of hydrogen-bond acceptors (Lipinski definition) is 4. The van der Waals surface area contributed by atoms with Gasteiger partial charge in [0.15, 0.2) is 0 Å². The molecule has 16 aromatic carbocycles. The fraction of sp³-hybridized carbons (Fsp3) is 0.314. The molecule has 0 aromatic heterocycles. The van der Waals surface area contributed by atoms with Crippen LogP contribution in [0, 0.1) is 0 Å². The number of fused-ring (bicyclic) bond motifs is 30. The van der Waals surface area contributed by atoms with Crippen LogP contribution in [0.4, 0.5) is 68.2 Å². The summed E-state index contributed by atoms with van der Waals surface area (Å²) in [4.78, 5) is 10.1. The molecule has 28 rings (SSSR count). The van der Waals surface area contributed by atoms with Gasteiger partial charge in [-0.3, -0.25) is 0 Å². The first-order valence-corrected chi connectivity index (χ1v) is 56.4. The van der Waals surface area contributed by atoms with E-state index in [1.165, 1.54) is 246 Å². The Hall–Kier alpha value is -13.3.